The van der Waals surface area contributed by atoms with Gasteiger partial charge in [0, 0.05) is 44.2 Å². The average molecular weight is 354 g/mol. The predicted octanol–water partition coefficient (Wildman–Crippen LogP) is 1.45. The zero-order valence-corrected chi connectivity index (χ0v) is 16.6. The van der Waals surface area contributed by atoms with E-state index >= 15 is 0 Å². The quantitative estimate of drug-likeness (QED) is 0.695. The van der Waals surface area contributed by atoms with Gasteiger partial charge >= 0.3 is 0 Å². The molecule has 2 aliphatic heterocycles. The van der Waals surface area contributed by atoms with Gasteiger partial charge in [-0.1, -0.05) is 0 Å². The molecule has 2 aliphatic rings. The van der Waals surface area contributed by atoms with Crippen LogP contribution in [0.2, 0.25) is 0 Å². The molecule has 0 saturated carbocycles. The van der Waals surface area contributed by atoms with Crippen LogP contribution >= 0.6 is 0 Å². The highest BCUT2D eigenvalue weighted by atomic mass is 16.5. The van der Waals surface area contributed by atoms with Crippen LogP contribution in [0.1, 0.15) is 40.5 Å². The third kappa shape index (κ3) is 4.34. The molecule has 2 rings (SSSR count). The van der Waals surface area contributed by atoms with E-state index in [-0.39, 0.29) is 23.1 Å². The number of piperidine rings is 1. The van der Waals surface area contributed by atoms with Crippen molar-refractivity contribution in [2.75, 3.05) is 53.0 Å². The number of ether oxygens (including phenoxy) is 1. The van der Waals surface area contributed by atoms with Crippen LogP contribution in [-0.4, -0.2) is 85.5 Å². The maximum Gasteiger partial charge on any atom is 0.236 e. The molecule has 1 unspecified atom stereocenters. The molecule has 0 bridgehead atoms. The molecule has 1 spiro atoms. The van der Waals surface area contributed by atoms with Gasteiger partial charge in [-0.25, -0.2) is 0 Å². The molecule has 25 heavy (non-hydrogen) atoms. The molecule has 144 valence electrons. The van der Waals surface area contributed by atoms with E-state index in [0.717, 1.165) is 39.0 Å². The number of carbonyl (C=O) groups is 2. The van der Waals surface area contributed by atoms with Gasteiger partial charge in [0.25, 0.3) is 0 Å². The molecule has 0 aromatic carbocycles. The zero-order chi connectivity index (χ0) is 18.6. The van der Waals surface area contributed by atoms with E-state index in [1.807, 2.05) is 30.7 Å². The van der Waals surface area contributed by atoms with Crippen molar-refractivity contribution in [3.05, 3.63) is 0 Å². The van der Waals surface area contributed by atoms with Crippen molar-refractivity contribution in [3.63, 3.8) is 0 Å². The second-order valence-corrected chi connectivity index (χ2v) is 7.82. The normalized spacial score (nSPS) is 23.3. The number of hydrogen-bond donors (Lipinski definition) is 0. The summed E-state index contributed by atoms with van der Waals surface area (Å²) in [6, 6.07) is 0.362. The van der Waals surface area contributed by atoms with Gasteiger partial charge in [-0.2, -0.15) is 0 Å². The molecular formula is C19H35N3O3. The molecule has 2 amide bonds. The predicted molar refractivity (Wildman–Crippen MR) is 98.3 cm³/mol. The third-order valence-corrected chi connectivity index (χ3v) is 6.10. The van der Waals surface area contributed by atoms with Gasteiger partial charge in [-0.3, -0.25) is 14.5 Å². The van der Waals surface area contributed by atoms with Gasteiger partial charge in [0.15, 0.2) is 0 Å². The highest BCUT2D eigenvalue weighted by Gasteiger charge is 2.52. The number of carbonyl (C=O) groups excluding carboxylic acids is 2. The maximum atomic E-state index is 12.7. The lowest BCUT2D eigenvalue weighted by Gasteiger charge is -2.42. The molecule has 0 radical (unpaired) electrons. The Morgan fingerprint density at radius 2 is 1.96 bits per heavy atom. The van der Waals surface area contributed by atoms with Crippen LogP contribution in [-0.2, 0) is 14.3 Å². The Morgan fingerprint density at radius 1 is 1.32 bits per heavy atom. The first kappa shape index (κ1) is 20.2. The van der Waals surface area contributed by atoms with Gasteiger partial charge in [0.05, 0.1) is 19.1 Å². The first-order chi connectivity index (χ1) is 11.8. The number of rotatable bonds is 7. The Hall–Kier alpha value is -1.14. The Morgan fingerprint density at radius 3 is 2.48 bits per heavy atom. The summed E-state index contributed by atoms with van der Waals surface area (Å²) in [6.45, 7) is 12.9. The maximum absolute atomic E-state index is 12.7. The Balaban J connectivity index is 2.00. The highest BCUT2D eigenvalue weighted by Crippen LogP contribution is 2.45. The molecule has 0 aliphatic carbocycles. The summed E-state index contributed by atoms with van der Waals surface area (Å²) in [6.07, 6.45) is 1.79. The van der Waals surface area contributed by atoms with Crippen molar-refractivity contribution in [2.45, 2.75) is 46.6 Å². The number of nitrogens with zero attached hydrogens (tertiary/aromatic N) is 3. The second-order valence-electron chi connectivity index (χ2n) is 7.82. The minimum atomic E-state index is -0.0528. The molecule has 2 heterocycles. The van der Waals surface area contributed by atoms with Crippen LogP contribution in [0.15, 0.2) is 0 Å². The smallest absolute Gasteiger partial charge is 0.236 e. The Labute approximate surface area is 152 Å². The van der Waals surface area contributed by atoms with Crippen LogP contribution < -0.4 is 0 Å². The summed E-state index contributed by atoms with van der Waals surface area (Å²) in [5.74, 6) is 0.377. The summed E-state index contributed by atoms with van der Waals surface area (Å²) in [4.78, 5) is 31.3. The fourth-order valence-electron chi connectivity index (χ4n) is 4.01. The number of hydrogen-bond acceptors (Lipinski definition) is 4. The largest absolute Gasteiger partial charge is 0.381 e. The third-order valence-electron chi connectivity index (χ3n) is 6.10. The molecule has 6 heteroatoms. The van der Waals surface area contributed by atoms with Gasteiger partial charge in [-0.05, 0) is 47.6 Å². The van der Waals surface area contributed by atoms with Crippen LogP contribution in [0.5, 0.6) is 0 Å². The average Bonchev–Trinajstić information content (AvgIpc) is 2.84. The van der Waals surface area contributed by atoms with Crippen LogP contribution in [0.25, 0.3) is 0 Å². The van der Waals surface area contributed by atoms with Crippen molar-refractivity contribution >= 4 is 11.8 Å². The number of likely N-dealkylation sites (N-methyl/N-ethyl adjacent to an activating group) is 1. The lowest BCUT2D eigenvalue weighted by molar-refractivity contribution is -0.136. The van der Waals surface area contributed by atoms with E-state index in [0.29, 0.717) is 25.8 Å². The van der Waals surface area contributed by atoms with Gasteiger partial charge in [0.2, 0.25) is 11.8 Å². The van der Waals surface area contributed by atoms with Crippen LogP contribution in [0.4, 0.5) is 0 Å². The van der Waals surface area contributed by atoms with Crippen molar-refractivity contribution in [3.8, 4) is 0 Å². The number of likely N-dealkylation sites (tertiary alicyclic amines) is 2. The monoisotopic (exact) mass is 353 g/mol. The lowest BCUT2D eigenvalue weighted by Crippen LogP contribution is -2.50. The SMILES string of the molecule is CCOCC1C(=O)N(CC)CC12CCN(C(=O)CN(C)C(C)C)CC2. The second kappa shape index (κ2) is 8.49. The summed E-state index contributed by atoms with van der Waals surface area (Å²) in [5.41, 5.74) is -0.0248. The van der Waals surface area contributed by atoms with Crippen LogP contribution in [0, 0.1) is 11.3 Å². The molecule has 1 atom stereocenters. The zero-order valence-electron chi connectivity index (χ0n) is 16.6. The number of amides is 2. The van der Waals surface area contributed by atoms with E-state index in [4.69, 9.17) is 4.74 Å². The molecule has 2 fully saturated rings. The van der Waals surface area contributed by atoms with Crippen molar-refractivity contribution in [2.24, 2.45) is 11.3 Å². The highest BCUT2D eigenvalue weighted by molar-refractivity contribution is 5.83. The summed E-state index contributed by atoms with van der Waals surface area (Å²) in [7, 11) is 1.99. The molecule has 2 saturated heterocycles. The standard InChI is InChI=1S/C19H35N3O3/c1-6-21-14-19(16(18(21)24)13-25-7-2)8-10-22(11-9-19)17(23)12-20(5)15(3)4/h15-16H,6-14H2,1-5H3. The summed E-state index contributed by atoms with van der Waals surface area (Å²) in [5, 5.41) is 0. The van der Waals surface area contributed by atoms with Crippen molar-refractivity contribution in [1.29, 1.82) is 0 Å². The first-order valence-electron chi connectivity index (χ1n) is 9.69. The van der Waals surface area contributed by atoms with Crippen molar-refractivity contribution < 1.29 is 14.3 Å². The van der Waals surface area contributed by atoms with E-state index < -0.39 is 0 Å². The fourth-order valence-corrected chi connectivity index (χ4v) is 4.01. The Kier molecular flexibility index (Phi) is 6.86. The van der Waals surface area contributed by atoms with Gasteiger partial charge in [-0.15, -0.1) is 0 Å². The summed E-state index contributed by atoms with van der Waals surface area (Å²) >= 11 is 0. The minimum absolute atomic E-state index is 0.0248. The lowest BCUT2D eigenvalue weighted by atomic mass is 9.71. The van der Waals surface area contributed by atoms with E-state index in [2.05, 4.69) is 18.7 Å². The molecule has 0 N–H and O–H groups in total. The van der Waals surface area contributed by atoms with E-state index in [1.54, 1.807) is 0 Å². The van der Waals surface area contributed by atoms with E-state index in [9.17, 15) is 9.59 Å². The van der Waals surface area contributed by atoms with Gasteiger partial charge < -0.3 is 14.5 Å². The van der Waals surface area contributed by atoms with Gasteiger partial charge in [0.1, 0.15) is 0 Å². The molecular weight excluding hydrogens is 318 g/mol. The first-order valence-corrected chi connectivity index (χ1v) is 9.69. The Bertz CT molecular complexity index is 473. The summed E-state index contributed by atoms with van der Waals surface area (Å²) < 4.78 is 5.63. The molecule has 0 aromatic rings. The molecule has 6 nitrogen and oxygen atoms in total. The van der Waals surface area contributed by atoms with E-state index in [1.165, 1.54) is 0 Å². The van der Waals surface area contributed by atoms with Crippen LogP contribution in [0.3, 0.4) is 0 Å². The fraction of sp³-hybridized carbons (Fsp3) is 0.895. The topological polar surface area (TPSA) is 53.1 Å². The minimum Gasteiger partial charge on any atom is -0.381 e. The van der Waals surface area contributed by atoms with Crippen molar-refractivity contribution in [1.82, 2.24) is 14.7 Å². The molecule has 0 aromatic heterocycles.